The summed E-state index contributed by atoms with van der Waals surface area (Å²) in [6, 6.07) is 1.73. The number of hydrogen-bond donors (Lipinski definition) is 1. The molecule has 2 aromatic rings. The molecule has 7 nitrogen and oxygen atoms in total. The molecule has 146 valence electrons. The maximum atomic E-state index is 14.3. The van der Waals surface area contributed by atoms with Crippen molar-refractivity contribution in [2.24, 2.45) is 0 Å². The van der Waals surface area contributed by atoms with Crippen LogP contribution in [0.1, 0.15) is 33.7 Å². The summed E-state index contributed by atoms with van der Waals surface area (Å²) in [7, 11) is -4.04. The zero-order chi connectivity index (χ0) is 26.3. The first kappa shape index (κ1) is 12.8. The van der Waals surface area contributed by atoms with Gasteiger partial charge in [-0.3, -0.25) is 4.79 Å². The Hall–Kier alpha value is -2.46. The topological polar surface area (TPSA) is 94.6 Å². The number of hydrogen-bond acceptors (Lipinski definition) is 6. The van der Waals surface area contributed by atoms with Gasteiger partial charge in [-0.2, -0.15) is 0 Å². The van der Waals surface area contributed by atoms with Gasteiger partial charge in [-0.25, -0.2) is 26.9 Å². The second-order valence-electron chi connectivity index (χ2n) is 4.96. The van der Waals surface area contributed by atoms with Crippen LogP contribution in [0, 0.1) is 11.6 Å². The highest BCUT2D eigenvalue weighted by atomic mass is 35.5. The Morgan fingerprint density at radius 2 is 2.04 bits per heavy atom. The molecule has 0 radical (unpaired) electrons. The molecular weight excluding hydrogens is 406 g/mol. The van der Waals surface area contributed by atoms with Gasteiger partial charge in [0, 0.05) is 20.4 Å². The first-order chi connectivity index (χ1) is 15.2. The standard InChI is InChI=1S/C16H15ClF2N2O5S/c1-8(2)25-16-11(17)4-9(7-20-16)26-14-6-12(18)10(5-13(14)19)15(22)21-27(3,23)24/h4-8H,1-3H3,(H,21,22)/i1D3,2D3,8D. The average Bonchev–Trinajstić information content (AvgIpc) is 2.63. The number of benzene rings is 1. The van der Waals surface area contributed by atoms with E-state index in [0.29, 0.717) is 18.4 Å². The molecule has 27 heavy (non-hydrogen) atoms. The van der Waals surface area contributed by atoms with Crippen LogP contribution in [0.5, 0.6) is 17.4 Å². The first-order valence-corrected chi connectivity index (χ1v) is 9.06. The van der Waals surface area contributed by atoms with Gasteiger partial charge < -0.3 is 9.47 Å². The van der Waals surface area contributed by atoms with E-state index < -0.39 is 69.6 Å². The minimum atomic E-state index is -4.04. The molecule has 2 rings (SSSR count). The number of nitrogens with zero attached hydrogens (tertiary/aromatic N) is 1. The Bertz CT molecular complexity index is 1210. The van der Waals surface area contributed by atoms with Gasteiger partial charge in [0.15, 0.2) is 11.6 Å². The fourth-order valence-corrected chi connectivity index (χ4v) is 2.41. The normalized spacial score (nSPS) is 16.5. The number of ether oxygens (including phenoxy) is 2. The van der Waals surface area contributed by atoms with E-state index in [1.165, 1.54) is 4.72 Å². The highest BCUT2D eigenvalue weighted by Crippen LogP contribution is 2.31. The predicted molar refractivity (Wildman–Crippen MR) is 93.8 cm³/mol. The Kier molecular flexibility index (Phi) is 3.83. The smallest absolute Gasteiger partial charge is 0.267 e. The molecule has 11 heteroatoms. The molecule has 0 fully saturated rings. The van der Waals surface area contributed by atoms with Crippen molar-refractivity contribution in [3.05, 3.63) is 46.6 Å². The molecule has 1 aromatic carbocycles. The Labute approximate surface area is 169 Å². The van der Waals surface area contributed by atoms with Crippen molar-refractivity contribution >= 4 is 27.5 Å². The van der Waals surface area contributed by atoms with Crippen LogP contribution in [0.15, 0.2) is 24.4 Å². The third-order valence-electron chi connectivity index (χ3n) is 2.75. The fourth-order valence-electron chi connectivity index (χ4n) is 1.77. The van der Waals surface area contributed by atoms with E-state index in [4.69, 9.17) is 30.7 Å². The molecular formula is C16H15ClF2N2O5S. The van der Waals surface area contributed by atoms with Crippen molar-refractivity contribution in [3.63, 3.8) is 0 Å². The predicted octanol–water partition coefficient (Wildman–Crippen LogP) is 3.28. The lowest BCUT2D eigenvalue weighted by Gasteiger charge is -2.12. The quantitative estimate of drug-likeness (QED) is 0.760. The van der Waals surface area contributed by atoms with E-state index in [1.54, 1.807) is 0 Å². The van der Waals surface area contributed by atoms with Crippen LogP contribution in [-0.2, 0) is 10.0 Å². The number of aromatic nitrogens is 1. The lowest BCUT2D eigenvalue weighted by atomic mass is 10.2. The zero-order valence-electron chi connectivity index (χ0n) is 20.3. The number of nitrogens with one attached hydrogen (secondary N) is 1. The van der Waals surface area contributed by atoms with Crippen LogP contribution in [0.25, 0.3) is 0 Å². The van der Waals surface area contributed by atoms with Crippen LogP contribution >= 0.6 is 11.6 Å². The molecule has 0 unspecified atom stereocenters. The minimum absolute atomic E-state index is 0.345. The van der Waals surface area contributed by atoms with Crippen LogP contribution in [-0.4, -0.2) is 31.6 Å². The van der Waals surface area contributed by atoms with Crippen LogP contribution in [0.4, 0.5) is 8.78 Å². The largest absolute Gasteiger partial charge is 0.474 e. The van der Waals surface area contributed by atoms with Gasteiger partial charge in [-0.15, -0.1) is 0 Å². The van der Waals surface area contributed by atoms with Crippen molar-refractivity contribution in [1.82, 2.24) is 9.71 Å². The van der Waals surface area contributed by atoms with Gasteiger partial charge in [0.25, 0.3) is 5.91 Å². The Morgan fingerprint density at radius 1 is 1.33 bits per heavy atom. The molecule has 0 bridgehead atoms. The zero-order valence-corrected chi connectivity index (χ0v) is 14.9. The minimum Gasteiger partial charge on any atom is -0.474 e. The molecule has 1 heterocycles. The van der Waals surface area contributed by atoms with Crippen molar-refractivity contribution in [3.8, 4) is 17.4 Å². The first-order valence-electron chi connectivity index (χ1n) is 10.3. The van der Waals surface area contributed by atoms with Gasteiger partial charge >= 0.3 is 0 Å². The molecule has 1 N–H and O–H groups in total. The van der Waals surface area contributed by atoms with Crippen LogP contribution in [0.3, 0.4) is 0 Å². The van der Waals surface area contributed by atoms with Crippen molar-refractivity contribution < 1.29 is 41.1 Å². The molecule has 1 aromatic heterocycles. The summed E-state index contributed by atoms with van der Waals surface area (Å²) in [5.74, 6) is -5.88. The summed E-state index contributed by atoms with van der Waals surface area (Å²) in [6.07, 6.45) is -1.99. The van der Waals surface area contributed by atoms with Gasteiger partial charge in [-0.05, 0) is 19.8 Å². The highest BCUT2D eigenvalue weighted by molar-refractivity contribution is 7.89. The molecule has 0 aliphatic carbocycles. The van der Waals surface area contributed by atoms with Crippen molar-refractivity contribution in [2.45, 2.75) is 19.8 Å². The molecule has 1 amide bonds. The number of halogens is 3. The maximum absolute atomic E-state index is 14.3. The SMILES string of the molecule is [2H]C([2H])([2H])C([2H])(Oc1ncc(Oc2cc(F)c(C(=O)NS(C)(=O)=O)cc2F)cc1Cl)C([2H])([2H])[2H]. The Balaban J connectivity index is 2.33. The van der Waals surface area contributed by atoms with E-state index >= 15 is 0 Å². The molecule has 0 atom stereocenters. The average molecular weight is 428 g/mol. The Morgan fingerprint density at radius 3 is 2.63 bits per heavy atom. The molecule has 0 saturated carbocycles. The number of carbonyl (C=O) groups excluding carboxylic acids is 1. The van der Waals surface area contributed by atoms with Gasteiger partial charge in [0.1, 0.15) is 16.6 Å². The number of carbonyl (C=O) groups is 1. The van der Waals surface area contributed by atoms with E-state index in [9.17, 15) is 22.0 Å². The molecule has 0 aliphatic rings. The van der Waals surface area contributed by atoms with Crippen molar-refractivity contribution in [2.75, 3.05) is 6.26 Å². The lowest BCUT2D eigenvalue weighted by molar-refractivity contribution is 0.0977. The highest BCUT2D eigenvalue weighted by Gasteiger charge is 2.20. The summed E-state index contributed by atoms with van der Waals surface area (Å²) < 4.78 is 114. The monoisotopic (exact) mass is 427 g/mol. The number of rotatable bonds is 6. The second-order valence-corrected chi connectivity index (χ2v) is 7.11. The van der Waals surface area contributed by atoms with Crippen LogP contribution < -0.4 is 14.2 Å². The summed E-state index contributed by atoms with van der Waals surface area (Å²) in [6.45, 7) is -6.85. The fraction of sp³-hybridized carbons (Fsp3) is 0.250. The summed E-state index contributed by atoms with van der Waals surface area (Å²) >= 11 is 5.91. The third kappa shape index (κ3) is 5.76. The van der Waals surface area contributed by atoms with E-state index in [1.807, 2.05) is 0 Å². The van der Waals surface area contributed by atoms with Gasteiger partial charge in [-0.1, -0.05) is 11.6 Å². The maximum Gasteiger partial charge on any atom is 0.267 e. The molecule has 0 spiro atoms. The lowest BCUT2D eigenvalue weighted by Crippen LogP contribution is -2.30. The number of amides is 1. The molecule has 0 aliphatic heterocycles. The van der Waals surface area contributed by atoms with Gasteiger partial charge in [0.05, 0.1) is 25.5 Å². The van der Waals surface area contributed by atoms with E-state index in [0.717, 1.165) is 12.3 Å². The number of sulfonamides is 1. The third-order valence-corrected chi connectivity index (χ3v) is 3.58. The van der Waals surface area contributed by atoms with E-state index in [-0.39, 0.29) is 5.75 Å². The summed E-state index contributed by atoms with van der Waals surface area (Å²) in [5, 5.41) is -0.521. The van der Waals surface area contributed by atoms with Crippen LogP contribution in [0.2, 0.25) is 5.02 Å². The van der Waals surface area contributed by atoms with Gasteiger partial charge in [0.2, 0.25) is 15.9 Å². The molecule has 0 saturated heterocycles. The number of pyridine rings is 1. The summed E-state index contributed by atoms with van der Waals surface area (Å²) in [4.78, 5) is 15.3. The van der Waals surface area contributed by atoms with Crippen molar-refractivity contribution in [1.29, 1.82) is 0 Å². The summed E-state index contributed by atoms with van der Waals surface area (Å²) in [5.41, 5.74) is -0.920. The second kappa shape index (κ2) is 8.05. The van der Waals surface area contributed by atoms with E-state index in [2.05, 4.69) is 4.98 Å².